The Labute approximate surface area is 99.8 Å². The molecule has 0 fully saturated rings. The Hall–Kier alpha value is -1.63. The van der Waals surface area contributed by atoms with Crippen molar-refractivity contribution in [3.63, 3.8) is 0 Å². The molecule has 0 spiro atoms. The predicted molar refractivity (Wildman–Crippen MR) is 59.7 cm³/mol. The third-order valence-corrected chi connectivity index (χ3v) is 1.40. The van der Waals surface area contributed by atoms with Gasteiger partial charge in [0, 0.05) is 12.1 Å². The summed E-state index contributed by atoms with van der Waals surface area (Å²) in [7, 11) is 1.40. The molecule has 0 unspecified atom stereocenters. The van der Waals surface area contributed by atoms with Crippen molar-refractivity contribution in [3.05, 3.63) is 0 Å². The summed E-state index contributed by atoms with van der Waals surface area (Å²) in [6.07, 6.45) is 0.438. The summed E-state index contributed by atoms with van der Waals surface area (Å²) >= 11 is 0. The van der Waals surface area contributed by atoms with Crippen molar-refractivity contribution in [2.75, 3.05) is 13.7 Å². The Balaban J connectivity index is 0. The van der Waals surface area contributed by atoms with Crippen LogP contribution in [0, 0.1) is 0 Å². The maximum atomic E-state index is 10.6. The monoisotopic (exact) mass is 249 g/mol. The molecule has 0 atom stereocenters. The molecule has 0 aliphatic heterocycles. The second-order valence-electron chi connectivity index (χ2n) is 4.11. The molecule has 0 heterocycles. The zero-order valence-corrected chi connectivity index (χ0v) is 10.4. The van der Waals surface area contributed by atoms with Gasteiger partial charge in [-0.1, -0.05) is 0 Å². The molecular weight excluding hydrogens is 230 g/mol. The molecule has 7 heteroatoms. The predicted octanol–water partition coefficient (Wildman–Crippen LogP) is 0.0932. The smallest absolute Gasteiger partial charge is 0.414 e. The van der Waals surface area contributed by atoms with Crippen molar-refractivity contribution in [1.82, 2.24) is 5.32 Å². The largest absolute Gasteiger partial charge is 0.473 e. The van der Waals surface area contributed by atoms with E-state index >= 15 is 0 Å². The number of hydrogen-bond acceptors (Lipinski definition) is 5. The fourth-order valence-electron chi connectivity index (χ4n) is 0.642. The van der Waals surface area contributed by atoms with E-state index < -0.39 is 11.9 Å². The maximum absolute atomic E-state index is 10.6. The van der Waals surface area contributed by atoms with Gasteiger partial charge in [-0.25, -0.2) is 9.59 Å². The first-order chi connectivity index (χ1) is 7.60. The number of esters is 1. The zero-order valence-electron chi connectivity index (χ0n) is 10.4. The molecule has 0 saturated heterocycles. The van der Waals surface area contributed by atoms with E-state index in [9.17, 15) is 4.79 Å². The quantitative estimate of drug-likeness (QED) is 0.480. The van der Waals surface area contributed by atoms with Gasteiger partial charge in [0.15, 0.2) is 0 Å². The third-order valence-electron chi connectivity index (χ3n) is 1.40. The van der Waals surface area contributed by atoms with Gasteiger partial charge < -0.3 is 20.3 Å². The zero-order chi connectivity index (χ0) is 14.1. The minimum atomic E-state index is -1.82. The van der Waals surface area contributed by atoms with E-state index in [0.29, 0.717) is 13.0 Å². The van der Waals surface area contributed by atoms with Crippen LogP contribution in [0.2, 0.25) is 0 Å². The topological polar surface area (TPSA) is 113 Å². The van der Waals surface area contributed by atoms with E-state index in [-0.39, 0.29) is 11.5 Å². The van der Waals surface area contributed by atoms with Crippen molar-refractivity contribution in [1.29, 1.82) is 0 Å². The highest BCUT2D eigenvalue weighted by Gasteiger charge is 2.08. The van der Waals surface area contributed by atoms with Crippen molar-refractivity contribution < 1.29 is 29.3 Å². The number of ether oxygens (including phenoxy) is 1. The molecule has 3 N–H and O–H groups in total. The Morgan fingerprint density at radius 2 is 1.53 bits per heavy atom. The van der Waals surface area contributed by atoms with Gasteiger partial charge in [0.05, 0.1) is 13.5 Å². The van der Waals surface area contributed by atoms with Crippen LogP contribution in [0.5, 0.6) is 0 Å². The lowest BCUT2D eigenvalue weighted by Gasteiger charge is -2.19. The summed E-state index contributed by atoms with van der Waals surface area (Å²) in [6.45, 7) is 6.86. The highest BCUT2D eigenvalue weighted by molar-refractivity contribution is 6.27. The Bertz CT molecular complexity index is 256. The van der Waals surface area contributed by atoms with E-state index in [4.69, 9.17) is 19.8 Å². The van der Waals surface area contributed by atoms with Gasteiger partial charge in [0.25, 0.3) is 0 Å². The van der Waals surface area contributed by atoms with Crippen LogP contribution >= 0.6 is 0 Å². The number of carboxylic acid groups (broad SMARTS) is 2. The number of methoxy groups -OCH3 is 1. The summed E-state index contributed by atoms with van der Waals surface area (Å²) in [5.74, 6) is -3.81. The lowest BCUT2D eigenvalue weighted by atomic mass is 10.1. The van der Waals surface area contributed by atoms with Gasteiger partial charge in [-0.2, -0.15) is 0 Å². The molecule has 0 bridgehead atoms. The second kappa shape index (κ2) is 8.51. The van der Waals surface area contributed by atoms with Crippen molar-refractivity contribution in [2.45, 2.75) is 32.7 Å². The number of nitrogens with one attached hydrogen (secondary N) is 1. The number of rotatable bonds is 3. The van der Waals surface area contributed by atoms with Crippen LogP contribution in [0.4, 0.5) is 0 Å². The minimum Gasteiger partial charge on any atom is -0.473 e. The van der Waals surface area contributed by atoms with E-state index in [1.807, 2.05) is 0 Å². The average Bonchev–Trinajstić information content (AvgIpc) is 2.16. The van der Waals surface area contributed by atoms with Gasteiger partial charge in [0.2, 0.25) is 0 Å². The van der Waals surface area contributed by atoms with Gasteiger partial charge in [0.1, 0.15) is 0 Å². The molecule has 0 aromatic carbocycles. The van der Waals surface area contributed by atoms with Crippen molar-refractivity contribution >= 4 is 17.9 Å². The number of carbonyl (C=O) groups excluding carboxylic acids is 1. The molecule has 0 aliphatic rings. The fourth-order valence-corrected chi connectivity index (χ4v) is 0.642. The molecule has 0 aromatic heterocycles. The van der Waals surface area contributed by atoms with E-state index in [1.165, 1.54) is 7.11 Å². The van der Waals surface area contributed by atoms with Crippen LogP contribution in [-0.4, -0.2) is 47.3 Å². The van der Waals surface area contributed by atoms with Crippen molar-refractivity contribution in [2.24, 2.45) is 0 Å². The second-order valence-corrected chi connectivity index (χ2v) is 4.11. The molecule has 0 aliphatic carbocycles. The summed E-state index contributed by atoms with van der Waals surface area (Å²) in [4.78, 5) is 28.8. The first kappa shape index (κ1) is 17.8. The Kier molecular flexibility index (Phi) is 8.89. The molecule has 0 saturated carbocycles. The van der Waals surface area contributed by atoms with Crippen LogP contribution in [0.3, 0.4) is 0 Å². The Morgan fingerprint density at radius 3 is 1.76 bits per heavy atom. The summed E-state index contributed by atoms with van der Waals surface area (Å²) in [5.41, 5.74) is 0.0774. The molecule has 0 amide bonds. The summed E-state index contributed by atoms with van der Waals surface area (Å²) in [5, 5.41) is 18.0. The van der Waals surface area contributed by atoms with Gasteiger partial charge >= 0.3 is 17.9 Å². The minimum absolute atomic E-state index is 0.0774. The number of carboxylic acids is 2. The first-order valence-corrected chi connectivity index (χ1v) is 4.88. The van der Waals surface area contributed by atoms with Crippen LogP contribution in [-0.2, 0) is 19.1 Å². The summed E-state index contributed by atoms with van der Waals surface area (Å²) < 4.78 is 4.49. The SMILES string of the molecule is COC(=O)CCNC(C)(C)C.O=C(O)C(=O)O. The third kappa shape index (κ3) is 17.0. The Morgan fingerprint density at radius 1 is 1.12 bits per heavy atom. The average molecular weight is 249 g/mol. The highest BCUT2D eigenvalue weighted by atomic mass is 16.5. The maximum Gasteiger partial charge on any atom is 0.414 e. The molecule has 0 radical (unpaired) electrons. The van der Waals surface area contributed by atoms with Crippen LogP contribution in [0.1, 0.15) is 27.2 Å². The normalized spacial score (nSPS) is 9.88. The van der Waals surface area contributed by atoms with Gasteiger partial charge in [-0.05, 0) is 20.8 Å². The number of aliphatic carboxylic acids is 2. The van der Waals surface area contributed by atoms with Crippen LogP contribution in [0.25, 0.3) is 0 Å². The molecule has 100 valence electrons. The molecule has 7 nitrogen and oxygen atoms in total. The molecular formula is C10H19NO6. The fraction of sp³-hybridized carbons (Fsp3) is 0.700. The lowest BCUT2D eigenvalue weighted by Crippen LogP contribution is -2.37. The molecule has 0 rings (SSSR count). The number of carbonyl (C=O) groups is 3. The van der Waals surface area contributed by atoms with Crippen LogP contribution < -0.4 is 5.32 Å². The summed E-state index contributed by atoms with van der Waals surface area (Å²) in [6, 6.07) is 0. The molecule has 17 heavy (non-hydrogen) atoms. The van der Waals surface area contributed by atoms with E-state index in [0.717, 1.165) is 0 Å². The lowest BCUT2D eigenvalue weighted by molar-refractivity contribution is -0.159. The van der Waals surface area contributed by atoms with Gasteiger partial charge in [-0.15, -0.1) is 0 Å². The van der Waals surface area contributed by atoms with E-state index in [2.05, 4.69) is 30.8 Å². The highest BCUT2D eigenvalue weighted by Crippen LogP contribution is 1.97. The molecule has 0 aromatic rings. The standard InChI is InChI=1S/C8H17NO2.C2H2O4/c1-8(2,3)9-6-5-7(10)11-4;3-1(4)2(5)6/h9H,5-6H2,1-4H3;(H,3,4)(H,5,6). The van der Waals surface area contributed by atoms with Crippen molar-refractivity contribution in [3.8, 4) is 0 Å². The van der Waals surface area contributed by atoms with Crippen LogP contribution in [0.15, 0.2) is 0 Å². The van der Waals surface area contributed by atoms with Gasteiger partial charge in [-0.3, -0.25) is 4.79 Å². The number of hydrogen-bond donors (Lipinski definition) is 3. The first-order valence-electron chi connectivity index (χ1n) is 4.88. The van der Waals surface area contributed by atoms with E-state index in [1.54, 1.807) is 0 Å².